The third-order valence-corrected chi connectivity index (χ3v) is 5.23. The molecule has 1 aromatic heterocycles. The van der Waals surface area contributed by atoms with Gasteiger partial charge < -0.3 is 15.5 Å². The zero-order chi connectivity index (χ0) is 17.0. The average molecular weight is 363 g/mol. The number of furan rings is 1. The Bertz CT molecular complexity index is 705. The molecular weight excluding hydrogens is 336 g/mol. The summed E-state index contributed by atoms with van der Waals surface area (Å²) < 4.78 is 5.27. The molecule has 0 spiro atoms. The molecule has 1 amide bonds. The van der Waals surface area contributed by atoms with E-state index in [9.17, 15) is 4.79 Å². The molecule has 0 bridgehead atoms. The highest BCUT2D eigenvalue weighted by Gasteiger charge is 2.35. The van der Waals surface area contributed by atoms with E-state index in [1.807, 2.05) is 0 Å². The van der Waals surface area contributed by atoms with Gasteiger partial charge in [-0.05, 0) is 37.0 Å². The minimum absolute atomic E-state index is 0. The van der Waals surface area contributed by atoms with Gasteiger partial charge >= 0.3 is 0 Å². The van der Waals surface area contributed by atoms with Crippen LogP contribution in [0.5, 0.6) is 0 Å². The van der Waals surface area contributed by atoms with Crippen LogP contribution in [0, 0.1) is 6.92 Å². The van der Waals surface area contributed by atoms with Crippen molar-refractivity contribution in [2.75, 3.05) is 6.54 Å². The predicted molar refractivity (Wildman–Crippen MR) is 102 cm³/mol. The molecule has 3 N–H and O–H groups in total. The molecule has 1 saturated carbocycles. The van der Waals surface area contributed by atoms with Crippen molar-refractivity contribution in [2.45, 2.75) is 51.0 Å². The minimum Gasteiger partial charge on any atom is -0.467 e. The van der Waals surface area contributed by atoms with Crippen LogP contribution in [-0.4, -0.2) is 12.5 Å². The van der Waals surface area contributed by atoms with Gasteiger partial charge in [-0.15, -0.1) is 12.4 Å². The number of nitrogens with two attached hydrogens (primary N) is 1. The highest BCUT2D eigenvalue weighted by molar-refractivity contribution is 5.94. The van der Waals surface area contributed by atoms with Gasteiger partial charge in [0.25, 0.3) is 5.91 Å². The summed E-state index contributed by atoms with van der Waals surface area (Å²) in [6.45, 7) is 3.14. The van der Waals surface area contributed by atoms with Gasteiger partial charge in [-0.1, -0.05) is 43.5 Å². The number of carbonyl (C=O) groups excluding carboxylic acids is 1. The van der Waals surface area contributed by atoms with Crippen molar-refractivity contribution >= 4 is 18.3 Å². The normalized spacial score (nSPS) is 16.1. The van der Waals surface area contributed by atoms with Gasteiger partial charge in [0.2, 0.25) is 0 Å². The van der Waals surface area contributed by atoms with Gasteiger partial charge in [0.1, 0.15) is 12.0 Å². The lowest BCUT2D eigenvalue weighted by atomic mass is 9.68. The van der Waals surface area contributed by atoms with E-state index in [0.29, 0.717) is 24.4 Å². The molecule has 1 aliphatic rings. The number of amides is 1. The van der Waals surface area contributed by atoms with Crippen LogP contribution in [0.4, 0.5) is 0 Å². The second kappa shape index (κ2) is 8.54. The number of hydrogen-bond acceptors (Lipinski definition) is 3. The highest BCUT2D eigenvalue weighted by atomic mass is 35.5. The zero-order valence-electron chi connectivity index (χ0n) is 14.7. The van der Waals surface area contributed by atoms with E-state index in [1.54, 1.807) is 6.07 Å². The molecule has 0 aliphatic heterocycles. The molecule has 0 saturated heterocycles. The molecule has 1 heterocycles. The fourth-order valence-corrected chi connectivity index (χ4v) is 3.90. The molecule has 1 fully saturated rings. The Kier molecular flexibility index (Phi) is 6.68. The molecule has 25 heavy (non-hydrogen) atoms. The lowest BCUT2D eigenvalue weighted by Crippen LogP contribution is -2.42. The summed E-state index contributed by atoms with van der Waals surface area (Å²) in [5.74, 6) is 0.545. The number of nitrogens with one attached hydrogen (secondary N) is 1. The van der Waals surface area contributed by atoms with Crippen molar-refractivity contribution < 1.29 is 9.21 Å². The Morgan fingerprint density at radius 2 is 1.96 bits per heavy atom. The molecule has 5 heteroatoms. The molecular formula is C20H27ClN2O2. The summed E-state index contributed by atoms with van der Waals surface area (Å²) in [6, 6.07) is 10.3. The van der Waals surface area contributed by atoms with Crippen LogP contribution in [0.15, 0.2) is 41.0 Å². The van der Waals surface area contributed by atoms with Gasteiger partial charge in [-0.25, -0.2) is 0 Å². The van der Waals surface area contributed by atoms with Gasteiger partial charge in [0.05, 0.1) is 12.1 Å². The number of aryl methyl sites for hydroxylation is 1. The summed E-state index contributed by atoms with van der Waals surface area (Å²) in [7, 11) is 0. The van der Waals surface area contributed by atoms with Gasteiger partial charge in [-0.2, -0.15) is 0 Å². The van der Waals surface area contributed by atoms with Crippen molar-refractivity contribution in [1.29, 1.82) is 0 Å². The Morgan fingerprint density at radius 3 is 2.60 bits per heavy atom. The van der Waals surface area contributed by atoms with Gasteiger partial charge in [-0.3, -0.25) is 4.79 Å². The summed E-state index contributed by atoms with van der Waals surface area (Å²) in [4.78, 5) is 12.5. The SMILES string of the molecule is Cc1ccccc1C1(CNC(=O)c2coc(CN)c2)CCCCC1.Cl. The van der Waals surface area contributed by atoms with Crippen LogP contribution < -0.4 is 11.1 Å². The number of benzene rings is 1. The number of rotatable bonds is 5. The van der Waals surface area contributed by atoms with E-state index in [2.05, 4.69) is 36.5 Å². The Balaban J connectivity index is 0.00000225. The van der Waals surface area contributed by atoms with Gasteiger partial charge in [0, 0.05) is 12.0 Å². The van der Waals surface area contributed by atoms with E-state index in [1.165, 1.54) is 36.7 Å². The molecule has 0 unspecified atom stereocenters. The van der Waals surface area contributed by atoms with Crippen LogP contribution in [0.2, 0.25) is 0 Å². The summed E-state index contributed by atoms with van der Waals surface area (Å²) in [5.41, 5.74) is 8.81. The lowest BCUT2D eigenvalue weighted by Gasteiger charge is -2.39. The van der Waals surface area contributed by atoms with E-state index < -0.39 is 0 Å². The van der Waals surface area contributed by atoms with E-state index >= 15 is 0 Å². The quantitative estimate of drug-likeness (QED) is 0.841. The largest absolute Gasteiger partial charge is 0.467 e. The molecule has 2 aromatic rings. The number of hydrogen-bond donors (Lipinski definition) is 2. The fraction of sp³-hybridized carbons (Fsp3) is 0.450. The lowest BCUT2D eigenvalue weighted by molar-refractivity contribution is 0.0936. The van der Waals surface area contributed by atoms with Crippen LogP contribution in [-0.2, 0) is 12.0 Å². The standard InChI is InChI=1S/C20H26N2O2.ClH/c1-15-7-3-4-8-18(15)20(9-5-2-6-10-20)14-22-19(23)16-11-17(12-21)24-13-16;/h3-4,7-8,11,13H,2,5-6,9-10,12,14,21H2,1H3,(H,22,23);1H. The summed E-state index contributed by atoms with van der Waals surface area (Å²) in [6.07, 6.45) is 7.44. The van der Waals surface area contributed by atoms with Crippen molar-refractivity contribution in [3.8, 4) is 0 Å². The first kappa shape index (κ1) is 19.5. The first-order chi connectivity index (χ1) is 11.6. The predicted octanol–water partition coefficient (Wildman–Crippen LogP) is 4.10. The van der Waals surface area contributed by atoms with E-state index in [0.717, 1.165) is 12.8 Å². The maximum absolute atomic E-state index is 12.5. The molecule has 136 valence electrons. The number of carbonyl (C=O) groups is 1. The van der Waals surface area contributed by atoms with Gasteiger partial charge in [0.15, 0.2) is 0 Å². The average Bonchev–Trinajstić information content (AvgIpc) is 3.10. The second-order valence-corrected chi connectivity index (χ2v) is 6.84. The number of halogens is 1. The first-order valence-electron chi connectivity index (χ1n) is 8.76. The molecule has 1 aromatic carbocycles. The Hall–Kier alpha value is -1.78. The molecule has 3 rings (SSSR count). The smallest absolute Gasteiger partial charge is 0.254 e. The van der Waals surface area contributed by atoms with E-state index in [-0.39, 0.29) is 23.7 Å². The third kappa shape index (κ3) is 4.25. The van der Waals surface area contributed by atoms with Crippen molar-refractivity contribution in [1.82, 2.24) is 5.32 Å². The third-order valence-electron chi connectivity index (χ3n) is 5.23. The molecule has 0 radical (unpaired) electrons. The summed E-state index contributed by atoms with van der Waals surface area (Å²) >= 11 is 0. The molecule has 4 nitrogen and oxygen atoms in total. The molecule has 1 aliphatic carbocycles. The van der Waals surface area contributed by atoms with Crippen molar-refractivity contribution in [3.63, 3.8) is 0 Å². The maximum atomic E-state index is 12.5. The molecule has 0 atom stereocenters. The van der Waals surface area contributed by atoms with Crippen LogP contribution >= 0.6 is 12.4 Å². The topological polar surface area (TPSA) is 68.3 Å². The van der Waals surface area contributed by atoms with E-state index in [4.69, 9.17) is 10.2 Å². The maximum Gasteiger partial charge on any atom is 0.254 e. The summed E-state index contributed by atoms with van der Waals surface area (Å²) in [5, 5.41) is 3.13. The zero-order valence-corrected chi connectivity index (χ0v) is 15.5. The minimum atomic E-state index is -0.0861. The second-order valence-electron chi connectivity index (χ2n) is 6.84. The fourth-order valence-electron chi connectivity index (χ4n) is 3.90. The van der Waals surface area contributed by atoms with Crippen LogP contribution in [0.3, 0.4) is 0 Å². The monoisotopic (exact) mass is 362 g/mol. The highest BCUT2D eigenvalue weighted by Crippen LogP contribution is 2.40. The Morgan fingerprint density at radius 1 is 1.24 bits per heavy atom. The van der Waals surface area contributed by atoms with Crippen LogP contribution in [0.25, 0.3) is 0 Å². The Labute approximate surface area is 155 Å². The first-order valence-corrected chi connectivity index (χ1v) is 8.76. The van der Waals surface area contributed by atoms with Crippen LogP contribution in [0.1, 0.15) is 59.3 Å². The van der Waals surface area contributed by atoms with Crippen molar-refractivity contribution in [2.24, 2.45) is 5.73 Å². The van der Waals surface area contributed by atoms with Crippen molar-refractivity contribution in [3.05, 3.63) is 59.0 Å².